The summed E-state index contributed by atoms with van der Waals surface area (Å²) in [6.45, 7) is 2.11. The van der Waals surface area contributed by atoms with Crippen molar-refractivity contribution in [2.45, 2.75) is 19.6 Å². The minimum absolute atomic E-state index is 0.403. The second-order valence-electron chi connectivity index (χ2n) is 4.39. The zero-order chi connectivity index (χ0) is 13.8. The maximum absolute atomic E-state index is 9.73. The maximum Gasteiger partial charge on any atom is 0.129 e. The van der Waals surface area contributed by atoms with E-state index in [9.17, 15) is 5.11 Å². The molecule has 0 radical (unpaired) electrons. The lowest BCUT2D eigenvalue weighted by Crippen LogP contribution is -2.01. The lowest BCUT2D eigenvalue weighted by atomic mass is 10.1. The molecule has 0 bridgehead atoms. The van der Waals surface area contributed by atoms with E-state index in [4.69, 9.17) is 9.47 Å². The molecule has 0 aliphatic rings. The van der Waals surface area contributed by atoms with E-state index < -0.39 is 6.10 Å². The molecule has 19 heavy (non-hydrogen) atoms. The zero-order valence-electron chi connectivity index (χ0n) is 11.3. The van der Waals surface area contributed by atoms with Gasteiger partial charge in [-0.25, -0.2) is 0 Å². The van der Waals surface area contributed by atoms with Gasteiger partial charge in [0.15, 0.2) is 0 Å². The molecule has 1 atom stereocenters. The van der Waals surface area contributed by atoms with Gasteiger partial charge in [-0.3, -0.25) is 4.68 Å². The van der Waals surface area contributed by atoms with Crippen LogP contribution in [0.3, 0.4) is 0 Å². The van der Waals surface area contributed by atoms with Crippen molar-refractivity contribution in [2.75, 3.05) is 7.11 Å². The molecule has 1 aromatic carbocycles. The third kappa shape index (κ3) is 3.26. The van der Waals surface area contributed by atoms with Crippen LogP contribution in [0.2, 0.25) is 0 Å². The van der Waals surface area contributed by atoms with Crippen molar-refractivity contribution in [1.29, 1.82) is 0 Å². The van der Waals surface area contributed by atoms with Gasteiger partial charge in [0.1, 0.15) is 18.1 Å². The summed E-state index contributed by atoms with van der Waals surface area (Å²) in [6, 6.07) is 5.39. The van der Waals surface area contributed by atoms with Gasteiger partial charge in [-0.05, 0) is 19.1 Å². The number of methoxy groups -OCH3 is 1. The van der Waals surface area contributed by atoms with Gasteiger partial charge in [0.25, 0.3) is 0 Å². The number of nitrogens with zero attached hydrogens (tertiary/aromatic N) is 2. The molecular weight excluding hydrogens is 244 g/mol. The second-order valence-corrected chi connectivity index (χ2v) is 4.39. The molecule has 0 aliphatic heterocycles. The molecule has 0 amide bonds. The number of hydrogen-bond acceptors (Lipinski definition) is 4. The summed E-state index contributed by atoms with van der Waals surface area (Å²) in [5, 5.41) is 13.8. The first kappa shape index (κ1) is 13.4. The Hall–Kier alpha value is -2.01. The Morgan fingerprint density at radius 1 is 1.42 bits per heavy atom. The van der Waals surface area contributed by atoms with E-state index >= 15 is 0 Å². The highest BCUT2D eigenvalue weighted by molar-refractivity contribution is 5.41. The average molecular weight is 262 g/mol. The van der Waals surface area contributed by atoms with Gasteiger partial charge in [-0.15, -0.1) is 0 Å². The summed E-state index contributed by atoms with van der Waals surface area (Å²) in [5.74, 6) is 1.32. The van der Waals surface area contributed by atoms with Crippen LogP contribution in [0.5, 0.6) is 11.5 Å². The summed E-state index contributed by atoms with van der Waals surface area (Å²) < 4.78 is 12.6. The fourth-order valence-electron chi connectivity index (χ4n) is 1.82. The van der Waals surface area contributed by atoms with Crippen molar-refractivity contribution in [3.63, 3.8) is 0 Å². The van der Waals surface area contributed by atoms with Crippen molar-refractivity contribution in [3.05, 3.63) is 41.7 Å². The molecule has 1 N–H and O–H groups in total. The Bertz CT molecular complexity index is 549. The maximum atomic E-state index is 9.73. The summed E-state index contributed by atoms with van der Waals surface area (Å²) in [7, 11) is 3.46. The number of benzene rings is 1. The fraction of sp³-hybridized carbons (Fsp3) is 0.357. The Morgan fingerprint density at radius 3 is 2.79 bits per heavy atom. The van der Waals surface area contributed by atoms with E-state index in [2.05, 4.69) is 5.10 Å². The quantitative estimate of drug-likeness (QED) is 0.896. The van der Waals surface area contributed by atoms with E-state index in [1.54, 1.807) is 37.0 Å². The van der Waals surface area contributed by atoms with Gasteiger partial charge in [0, 0.05) is 30.4 Å². The molecule has 5 nitrogen and oxygen atoms in total. The molecule has 2 aromatic rings. The first-order chi connectivity index (χ1) is 9.10. The predicted molar refractivity (Wildman–Crippen MR) is 71.2 cm³/mol. The topological polar surface area (TPSA) is 56.5 Å². The molecule has 1 aromatic heterocycles. The molecule has 1 unspecified atom stereocenters. The molecule has 2 rings (SSSR count). The molecular formula is C14H18N2O3. The van der Waals surface area contributed by atoms with Gasteiger partial charge in [-0.1, -0.05) is 0 Å². The standard InChI is InChI=1S/C14H18N2O3/c1-10(17)13-5-4-12(18-3)6-14(13)19-9-11-7-15-16(2)8-11/h4-8,10,17H,9H2,1-3H3. The van der Waals surface area contributed by atoms with Crippen LogP contribution < -0.4 is 9.47 Å². The molecule has 0 saturated heterocycles. The Balaban J connectivity index is 2.17. The highest BCUT2D eigenvalue weighted by Gasteiger charge is 2.11. The minimum atomic E-state index is -0.588. The smallest absolute Gasteiger partial charge is 0.129 e. The number of rotatable bonds is 5. The van der Waals surface area contributed by atoms with Crippen molar-refractivity contribution >= 4 is 0 Å². The van der Waals surface area contributed by atoms with Crippen LogP contribution >= 0.6 is 0 Å². The van der Waals surface area contributed by atoms with Gasteiger partial charge >= 0.3 is 0 Å². The second kappa shape index (κ2) is 5.75. The summed E-state index contributed by atoms with van der Waals surface area (Å²) in [5.41, 5.74) is 1.71. The van der Waals surface area contributed by atoms with E-state index in [1.165, 1.54) is 0 Å². The molecule has 102 valence electrons. The number of hydrogen-bond donors (Lipinski definition) is 1. The van der Waals surface area contributed by atoms with E-state index in [1.807, 2.05) is 19.3 Å². The van der Waals surface area contributed by atoms with Crippen molar-refractivity contribution < 1.29 is 14.6 Å². The SMILES string of the molecule is COc1ccc(C(C)O)c(OCc2cnn(C)c2)c1. The summed E-state index contributed by atoms with van der Waals surface area (Å²) in [4.78, 5) is 0. The van der Waals surface area contributed by atoms with Gasteiger partial charge in [0.05, 0.1) is 19.4 Å². The van der Waals surface area contributed by atoms with Gasteiger partial charge in [-0.2, -0.15) is 5.10 Å². The molecule has 0 fully saturated rings. The number of aromatic nitrogens is 2. The summed E-state index contributed by atoms with van der Waals surface area (Å²) in [6.07, 6.45) is 3.06. The third-order valence-electron chi connectivity index (χ3n) is 2.82. The summed E-state index contributed by atoms with van der Waals surface area (Å²) >= 11 is 0. The van der Waals surface area contributed by atoms with Crippen LogP contribution in [0.25, 0.3) is 0 Å². The lowest BCUT2D eigenvalue weighted by molar-refractivity contribution is 0.190. The normalized spacial score (nSPS) is 12.2. The third-order valence-corrected chi connectivity index (χ3v) is 2.82. The van der Waals surface area contributed by atoms with Crippen molar-refractivity contribution in [2.24, 2.45) is 7.05 Å². The average Bonchev–Trinajstić information content (AvgIpc) is 2.81. The number of aryl methyl sites for hydroxylation is 1. The van der Waals surface area contributed by atoms with Gasteiger partial charge < -0.3 is 14.6 Å². The lowest BCUT2D eigenvalue weighted by Gasteiger charge is -2.14. The van der Waals surface area contributed by atoms with Gasteiger partial charge in [0.2, 0.25) is 0 Å². The van der Waals surface area contributed by atoms with E-state index in [0.29, 0.717) is 18.1 Å². The number of aliphatic hydroxyl groups is 1. The monoisotopic (exact) mass is 262 g/mol. The van der Waals surface area contributed by atoms with E-state index in [0.717, 1.165) is 11.1 Å². The van der Waals surface area contributed by atoms with Crippen LogP contribution in [0.1, 0.15) is 24.2 Å². The highest BCUT2D eigenvalue weighted by atomic mass is 16.5. The Morgan fingerprint density at radius 2 is 2.21 bits per heavy atom. The van der Waals surface area contributed by atoms with Crippen LogP contribution in [-0.2, 0) is 13.7 Å². The predicted octanol–water partition coefficient (Wildman–Crippen LogP) is 2.06. The van der Waals surface area contributed by atoms with Crippen LogP contribution in [0.4, 0.5) is 0 Å². The largest absolute Gasteiger partial charge is 0.497 e. The molecule has 0 aliphatic carbocycles. The zero-order valence-corrected chi connectivity index (χ0v) is 11.3. The molecule has 1 heterocycles. The highest BCUT2D eigenvalue weighted by Crippen LogP contribution is 2.30. The van der Waals surface area contributed by atoms with Crippen LogP contribution in [-0.4, -0.2) is 22.0 Å². The van der Waals surface area contributed by atoms with E-state index in [-0.39, 0.29) is 0 Å². The Labute approximate surface area is 112 Å². The van der Waals surface area contributed by atoms with Crippen molar-refractivity contribution in [1.82, 2.24) is 9.78 Å². The van der Waals surface area contributed by atoms with Crippen LogP contribution in [0, 0.1) is 0 Å². The minimum Gasteiger partial charge on any atom is -0.497 e. The van der Waals surface area contributed by atoms with Crippen LogP contribution in [0.15, 0.2) is 30.6 Å². The molecule has 5 heteroatoms. The number of aliphatic hydroxyl groups excluding tert-OH is 1. The molecule has 0 saturated carbocycles. The number of ether oxygens (including phenoxy) is 2. The first-order valence-electron chi connectivity index (χ1n) is 6.06. The Kier molecular flexibility index (Phi) is 4.06. The fourth-order valence-corrected chi connectivity index (χ4v) is 1.82. The molecule has 0 spiro atoms. The first-order valence-corrected chi connectivity index (χ1v) is 6.06. The van der Waals surface area contributed by atoms with Crippen molar-refractivity contribution in [3.8, 4) is 11.5 Å².